The van der Waals surface area contributed by atoms with E-state index in [1.807, 2.05) is 0 Å². The van der Waals surface area contributed by atoms with Gasteiger partial charge in [0.15, 0.2) is 0 Å². The summed E-state index contributed by atoms with van der Waals surface area (Å²) in [6.07, 6.45) is 7.30. The minimum absolute atomic E-state index is 0.0289. The van der Waals surface area contributed by atoms with Crippen molar-refractivity contribution in [2.24, 2.45) is 0 Å². The summed E-state index contributed by atoms with van der Waals surface area (Å²) in [7, 11) is 0. The van der Waals surface area contributed by atoms with Gasteiger partial charge in [0, 0.05) is 32.6 Å². The number of hydrogen-bond donors (Lipinski definition) is 1. The molecule has 2 fully saturated rings. The molecule has 0 radical (unpaired) electrons. The number of carbonyl (C=O) groups excluding carboxylic acids is 1. The Morgan fingerprint density at radius 3 is 2.57 bits per heavy atom. The maximum atomic E-state index is 13.5. The van der Waals surface area contributed by atoms with Gasteiger partial charge in [-0.1, -0.05) is 25.7 Å². The highest BCUT2D eigenvalue weighted by Crippen LogP contribution is 2.26. The minimum Gasteiger partial charge on any atom is -0.490 e. The summed E-state index contributed by atoms with van der Waals surface area (Å²) in [6, 6.07) is 5.05. The maximum absolute atomic E-state index is 13.5. The van der Waals surface area contributed by atoms with Crippen LogP contribution in [0, 0.1) is 12.7 Å². The molecule has 1 heterocycles. The first kappa shape index (κ1) is 21.1. The Kier molecular flexibility index (Phi) is 6.94. The van der Waals surface area contributed by atoms with E-state index >= 15 is 0 Å². The van der Waals surface area contributed by atoms with E-state index in [1.54, 1.807) is 30.9 Å². The number of hydrogen-bond acceptors (Lipinski definition) is 4. The number of aliphatic hydroxyl groups is 1. The number of halogens is 1. The van der Waals surface area contributed by atoms with Crippen LogP contribution in [0.15, 0.2) is 18.2 Å². The molecule has 1 amide bonds. The summed E-state index contributed by atoms with van der Waals surface area (Å²) in [5.74, 6) is 0.230. The van der Waals surface area contributed by atoms with Crippen molar-refractivity contribution >= 4 is 5.91 Å². The van der Waals surface area contributed by atoms with Gasteiger partial charge in [-0.15, -0.1) is 0 Å². The van der Waals surface area contributed by atoms with Crippen LogP contribution in [-0.2, 0) is 4.79 Å². The second-order valence-corrected chi connectivity index (χ2v) is 8.48. The lowest BCUT2D eigenvalue weighted by atomic mass is 10.0. The number of carbonyl (C=O) groups is 1. The highest BCUT2D eigenvalue weighted by atomic mass is 19.1. The zero-order chi connectivity index (χ0) is 20.1. The number of aryl methyl sites for hydroxylation is 1. The topological polar surface area (TPSA) is 53.0 Å². The Bertz CT molecular complexity index is 676. The van der Waals surface area contributed by atoms with Gasteiger partial charge in [0.25, 0.3) is 0 Å². The first-order chi connectivity index (χ1) is 13.4. The van der Waals surface area contributed by atoms with Gasteiger partial charge in [0.05, 0.1) is 6.54 Å². The first-order valence-corrected chi connectivity index (χ1v) is 10.5. The predicted octanol–water partition coefficient (Wildman–Crippen LogP) is 3.13. The van der Waals surface area contributed by atoms with Crippen LogP contribution in [0.1, 0.15) is 51.0 Å². The van der Waals surface area contributed by atoms with Crippen molar-refractivity contribution in [3.05, 3.63) is 29.6 Å². The van der Waals surface area contributed by atoms with Crippen LogP contribution < -0.4 is 4.74 Å². The average Bonchev–Trinajstić information content (AvgIpc) is 3.02. The molecule has 1 aliphatic heterocycles. The lowest BCUT2D eigenvalue weighted by molar-refractivity contribution is -0.132. The van der Waals surface area contributed by atoms with E-state index in [4.69, 9.17) is 4.74 Å². The van der Waals surface area contributed by atoms with Gasteiger partial charge >= 0.3 is 0 Å². The van der Waals surface area contributed by atoms with Crippen molar-refractivity contribution in [1.29, 1.82) is 0 Å². The van der Waals surface area contributed by atoms with Gasteiger partial charge < -0.3 is 14.7 Å². The van der Waals surface area contributed by atoms with E-state index in [-0.39, 0.29) is 24.9 Å². The molecule has 1 aliphatic carbocycles. The molecule has 1 N–H and O–H groups in total. The summed E-state index contributed by atoms with van der Waals surface area (Å²) in [4.78, 5) is 16.1. The number of benzene rings is 1. The molecule has 6 heteroatoms. The molecule has 3 rings (SSSR count). The molecule has 1 saturated heterocycles. The molecular formula is C22H33FN2O3. The van der Waals surface area contributed by atoms with Crippen LogP contribution in [0.4, 0.5) is 4.39 Å². The van der Waals surface area contributed by atoms with E-state index < -0.39 is 5.60 Å². The second-order valence-electron chi connectivity index (χ2n) is 8.48. The number of amides is 1. The fraction of sp³-hybridized carbons (Fsp3) is 0.682. The summed E-state index contributed by atoms with van der Waals surface area (Å²) >= 11 is 0. The van der Waals surface area contributed by atoms with E-state index in [2.05, 4.69) is 4.90 Å². The van der Waals surface area contributed by atoms with Crippen molar-refractivity contribution in [2.45, 2.75) is 64.0 Å². The van der Waals surface area contributed by atoms with Gasteiger partial charge in [-0.2, -0.15) is 0 Å². The van der Waals surface area contributed by atoms with Crippen LogP contribution in [0.5, 0.6) is 5.75 Å². The molecule has 0 spiro atoms. The number of β-amino-alcohol motifs (C(OH)–C–C–N with tert-alkyl or cyclic N) is 1. The van der Waals surface area contributed by atoms with E-state index in [9.17, 15) is 14.3 Å². The molecule has 1 aromatic rings. The van der Waals surface area contributed by atoms with Crippen molar-refractivity contribution < 1.29 is 19.0 Å². The Morgan fingerprint density at radius 2 is 1.93 bits per heavy atom. The molecule has 5 nitrogen and oxygen atoms in total. The van der Waals surface area contributed by atoms with Crippen molar-refractivity contribution in [3.63, 3.8) is 0 Å². The Morgan fingerprint density at radius 1 is 1.21 bits per heavy atom. The monoisotopic (exact) mass is 392 g/mol. The third-order valence-electron chi connectivity index (χ3n) is 6.06. The molecule has 0 bridgehead atoms. The summed E-state index contributed by atoms with van der Waals surface area (Å²) in [5.41, 5.74) is -0.646. The molecule has 0 aromatic heterocycles. The SMILES string of the molecule is CC(=O)N1CCN(C2CCCCCC2)CC(O)(COc2ccc(F)c(C)c2)C1. The molecule has 156 valence electrons. The van der Waals surface area contributed by atoms with E-state index in [1.165, 1.54) is 31.7 Å². The molecule has 2 aliphatic rings. The largest absolute Gasteiger partial charge is 0.490 e. The standard InChI is InChI=1S/C22H33FN2O3/c1-17-13-20(9-10-21(17)23)28-16-22(27)14-24(18(2)26)11-12-25(15-22)19-7-5-3-4-6-8-19/h9-10,13,19,27H,3-8,11-12,14-16H2,1-2H3. The van der Waals surface area contributed by atoms with Crippen molar-refractivity contribution in [3.8, 4) is 5.75 Å². The van der Waals surface area contributed by atoms with Gasteiger partial charge in [0.2, 0.25) is 5.91 Å². The van der Waals surface area contributed by atoms with Gasteiger partial charge in [0.1, 0.15) is 23.8 Å². The fourth-order valence-electron chi connectivity index (χ4n) is 4.41. The summed E-state index contributed by atoms with van der Waals surface area (Å²) in [6.45, 7) is 5.46. The Balaban J connectivity index is 1.73. The van der Waals surface area contributed by atoms with Gasteiger partial charge in [-0.3, -0.25) is 9.69 Å². The fourth-order valence-corrected chi connectivity index (χ4v) is 4.41. The molecule has 28 heavy (non-hydrogen) atoms. The van der Waals surface area contributed by atoms with Gasteiger partial charge in [-0.25, -0.2) is 4.39 Å². The number of nitrogens with zero attached hydrogens (tertiary/aromatic N) is 2. The number of ether oxygens (including phenoxy) is 1. The normalized spacial score (nSPS) is 25.2. The molecular weight excluding hydrogens is 359 g/mol. The highest BCUT2D eigenvalue weighted by Gasteiger charge is 2.38. The molecule has 1 saturated carbocycles. The first-order valence-electron chi connectivity index (χ1n) is 10.5. The minimum atomic E-state index is -1.16. The van der Waals surface area contributed by atoms with Gasteiger partial charge in [-0.05, 0) is 43.5 Å². The van der Waals surface area contributed by atoms with Crippen molar-refractivity contribution in [1.82, 2.24) is 9.80 Å². The zero-order valence-electron chi connectivity index (χ0n) is 17.1. The third kappa shape index (κ3) is 5.45. The quantitative estimate of drug-likeness (QED) is 0.800. The van der Waals surface area contributed by atoms with Crippen LogP contribution >= 0.6 is 0 Å². The predicted molar refractivity (Wildman–Crippen MR) is 107 cm³/mol. The highest BCUT2D eigenvalue weighted by molar-refractivity contribution is 5.73. The third-order valence-corrected chi connectivity index (χ3v) is 6.06. The Labute approximate surface area is 167 Å². The van der Waals surface area contributed by atoms with E-state index in [0.717, 1.165) is 19.4 Å². The molecule has 1 unspecified atom stereocenters. The zero-order valence-corrected chi connectivity index (χ0v) is 17.1. The molecule has 1 aromatic carbocycles. The lowest BCUT2D eigenvalue weighted by Crippen LogP contribution is -2.53. The average molecular weight is 393 g/mol. The maximum Gasteiger partial charge on any atom is 0.219 e. The van der Waals surface area contributed by atoms with E-state index in [0.29, 0.717) is 30.4 Å². The van der Waals surface area contributed by atoms with Crippen molar-refractivity contribution in [2.75, 3.05) is 32.8 Å². The number of rotatable bonds is 4. The second kappa shape index (κ2) is 9.23. The Hall–Kier alpha value is -1.66. The lowest BCUT2D eigenvalue weighted by Gasteiger charge is -2.36. The smallest absolute Gasteiger partial charge is 0.219 e. The van der Waals surface area contributed by atoms with Crippen LogP contribution in [-0.4, -0.2) is 65.2 Å². The van der Waals surface area contributed by atoms with Crippen LogP contribution in [0.25, 0.3) is 0 Å². The van der Waals surface area contributed by atoms with Crippen LogP contribution in [0.3, 0.4) is 0 Å². The molecule has 1 atom stereocenters. The van der Waals surface area contributed by atoms with Crippen LogP contribution in [0.2, 0.25) is 0 Å². The summed E-state index contributed by atoms with van der Waals surface area (Å²) < 4.78 is 19.3. The summed E-state index contributed by atoms with van der Waals surface area (Å²) in [5, 5.41) is 11.4.